The maximum atomic E-state index is 11.5. The molecular formula is C53H76Cl4N14O8S3. The van der Waals surface area contributed by atoms with E-state index in [1.54, 1.807) is 0 Å². The molecule has 6 aromatic rings. The summed E-state index contributed by atoms with van der Waals surface area (Å²) in [6.45, 7) is 13.6. The topological polar surface area (TPSA) is 268 Å². The summed E-state index contributed by atoms with van der Waals surface area (Å²) >= 11 is 17.5. The van der Waals surface area contributed by atoms with Gasteiger partial charge in [-0.3, -0.25) is 0 Å². The number of hydrogen-bond acceptors (Lipinski definition) is 19. The van der Waals surface area contributed by atoms with Crippen LogP contribution in [-0.2, 0) is 39.5 Å². The minimum atomic E-state index is -3.17. The van der Waals surface area contributed by atoms with E-state index in [2.05, 4.69) is 65.5 Å². The van der Waals surface area contributed by atoms with Crippen molar-refractivity contribution in [3.05, 3.63) is 88.5 Å². The number of rotatable bonds is 12. The van der Waals surface area contributed by atoms with E-state index in [1.165, 1.54) is 18.8 Å². The van der Waals surface area contributed by atoms with Crippen molar-refractivity contribution in [2.75, 3.05) is 145 Å². The molecule has 5 fully saturated rings. The number of hydrogen-bond donors (Lipinski definition) is 5. The lowest BCUT2D eigenvalue weighted by molar-refractivity contribution is 0.109. The molecule has 22 nitrogen and oxygen atoms in total. The van der Waals surface area contributed by atoms with Gasteiger partial charge < -0.3 is 34.8 Å². The van der Waals surface area contributed by atoms with Crippen molar-refractivity contribution < 1.29 is 34.7 Å². The molecule has 3 aromatic heterocycles. The first-order valence-electron chi connectivity index (χ1n) is 27.2. The predicted octanol–water partition coefficient (Wildman–Crippen LogP) is 5.78. The number of ether oxygens (including phenoxy) is 2. The number of sulfonamides is 3. The van der Waals surface area contributed by atoms with Crippen molar-refractivity contribution in [2.45, 2.75) is 38.5 Å². The van der Waals surface area contributed by atoms with Gasteiger partial charge in [0.2, 0.25) is 46.6 Å². The van der Waals surface area contributed by atoms with Crippen LogP contribution >= 0.6 is 47.2 Å². The molecule has 3 unspecified atom stereocenters. The second kappa shape index (κ2) is 32.9. The third kappa shape index (κ3) is 22.7. The molecule has 0 spiro atoms. The second-order valence-electron chi connectivity index (χ2n) is 20.4. The zero-order valence-corrected chi connectivity index (χ0v) is 52.0. The fourth-order valence-corrected chi connectivity index (χ4v) is 12.0. The Morgan fingerprint density at radius 1 is 0.500 bits per heavy atom. The molecule has 82 heavy (non-hydrogen) atoms. The summed E-state index contributed by atoms with van der Waals surface area (Å²) in [5, 5.41) is 10.0. The minimum Gasteiger partial charge on any atom is -0.379 e. The van der Waals surface area contributed by atoms with Gasteiger partial charge in [-0.15, -0.1) is 12.4 Å². The maximum Gasteiger partial charge on any atom is 0.228 e. The lowest BCUT2D eigenvalue weighted by Crippen LogP contribution is -2.42. The van der Waals surface area contributed by atoms with Crippen LogP contribution in [0, 0.1) is 17.8 Å². The molecule has 452 valence electrons. The van der Waals surface area contributed by atoms with Gasteiger partial charge in [0.15, 0.2) is 0 Å². The minimum absolute atomic E-state index is 0. The molecular weight excluding hydrogens is 1200 g/mol. The van der Waals surface area contributed by atoms with Crippen LogP contribution in [0.2, 0.25) is 15.7 Å². The number of morpholine rings is 2. The number of anilines is 3. The predicted molar refractivity (Wildman–Crippen MR) is 332 cm³/mol. The Labute approximate surface area is 503 Å². The lowest BCUT2D eigenvalue weighted by atomic mass is 9.98. The highest BCUT2D eigenvalue weighted by atomic mass is 35.5. The number of nitrogens with one attached hydrogen (secondary N) is 5. The van der Waals surface area contributed by atoms with Crippen molar-refractivity contribution in [2.24, 2.45) is 17.8 Å². The van der Waals surface area contributed by atoms with Gasteiger partial charge in [-0.25, -0.2) is 59.4 Å². The zero-order chi connectivity index (χ0) is 57.8. The van der Waals surface area contributed by atoms with Gasteiger partial charge in [0.1, 0.15) is 16.8 Å². The smallest absolute Gasteiger partial charge is 0.228 e. The van der Waals surface area contributed by atoms with Gasteiger partial charge in [-0.2, -0.15) is 9.97 Å². The van der Waals surface area contributed by atoms with Crippen LogP contribution in [0.5, 0.6) is 0 Å². The molecule has 0 aliphatic carbocycles. The third-order valence-electron chi connectivity index (χ3n) is 13.7. The molecule has 0 radical (unpaired) electrons. The average molecular weight is 1280 g/mol. The highest BCUT2D eigenvalue weighted by molar-refractivity contribution is 7.89. The molecule has 5 N–H and O–H groups in total. The SMILES string of the molecule is C1COCCN1.CS(=O)(=O)NCC1CCCN(c2nc(Cl)nc3ccccc23)C1.CS(=O)(=O)NCC1CCCN(c2nc(N3CCOCC3)nc3ccccc23)C1.CS(=O)(=O)NCC1CCCNC1.Cl.Clc1nc(Cl)c2ccccc2n1. The Hall–Kier alpha value is -4.19. The first-order valence-corrected chi connectivity index (χ1v) is 34.0. The summed E-state index contributed by atoms with van der Waals surface area (Å²) < 4.78 is 85.2. The largest absolute Gasteiger partial charge is 0.379 e. The summed E-state index contributed by atoms with van der Waals surface area (Å²) in [5.74, 6) is 3.50. The first-order chi connectivity index (χ1) is 38.8. The van der Waals surface area contributed by atoms with Crippen LogP contribution in [-0.4, -0.2) is 185 Å². The summed E-state index contributed by atoms with van der Waals surface area (Å²) in [6, 6.07) is 23.3. The number of nitrogens with zero attached hydrogens (tertiary/aromatic N) is 9. The molecule has 5 aliphatic heterocycles. The summed E-state index contributed by atoms with van der Waals surface area (Å²) in [6.07, 6.45) is 9.88. The van der Waals surface area contributed by atoms with E-state index in [0.717, 1.165) is 167 Å². The molecule has 8 heterocycles. The second-order valence-corrected chi connectivity index (χ2v) is 27.0. The van der Waals surface area contributed by atoms with Crippen molar-refractivity contribution in [3.8, 4) is 0 Å². The van der Waals surface area contributed by atoms with E-state index in [1.807, 2.05) is 66.7 Å². The Kier molecular flexibility index (Phi) is 26.9. The molecule has 5 aliphatic rings. The third-order valence-corrected chi connectivity index (χ3v) is 16.4. The van der Waals surface area contributed by atoms with Gasteiger partial charge in [0.05, 0.1) is 61.7 Å². The Morgan fingerprint density at radius 2 is 0.939 bits per heavy atom. The molecule has 3 aromatic carbocycles. The number of aromatic nitrogens is 6. The molecule has 0 bridgehead atoms. The summed E-state index contributed by atoms with van der Waals surface area (Å²) in [5.41, 5.74) is 2.52. The van der Waals surface area contributed by atoms with Gasteiger partial charge in [-0.1, -0.05) is 48.0 Å². The van der Waals surface area contributed by atoms with E-state index >= 15 is 0 Å². The van der Waals surface area contributed by atoms with Crippen LogP contribution in [0.3, 0.4) is 0 Å². The van der Waals surface area contributed by atoms with Gasteiger partial charge >= 0.3 is 0 Å². The Balaban J connectivity index is 0.000000178. The number of para-hydroxylation sites is 3. The van der Waals surface area contributed by atoms with Crippen molar-refractivity contribution in [1.29, 1.82) is 0 Å². The van der Waals surface area contributed by atoms with Crippen molar-refractivity contribution in [3.63, 3.8) is 0 Å². The summed E-state index contributed by atoms with van der Waals surface area (Å²) in [7, 11) is -9.34. The van der Waals surface area contributed by atoms with E-state index in [4.69, 9.17) is 54.2 Å². The van der Waals surface area contributed by atoms with E-state index in [9.17, 15) is 25.3 Å². The van der Waals surface area contributed by atoms with Crippen LogP contribution in [0.15, 0.2) is 72.8 Å². The molecule has 0 amide bonds. The number of piperidine rings is 3. The van der Waals surface area contributed by atoms with Gasteiger partial charge in [-0.05, 0) is 129 Å². The number of fused-ring (bicyclic) bond motifs is 3. The first kappa shape index (κ1) is 66.9. The molecule has 29 heteroatoms. The number of halogens is 4. The van der Waals surface area contributed by atoms with Gasteiger partial charge in [0, 0.05) is 88.2 Å². The Bertz CT molecular complexity index is 3300. The fraction of sp³-hybridized carbons (Fsp3) is 0.547. The lowest BCUT2D eigenvalue weighted by Gasteiger charge is -2.35. The van der Waals surface area contributed by atoms with Crippen molar-refractivity contribution >= 4 is 128 Å². The van der Waals surface area contributed by atoms with Crippen LogP contribution in [0.1, 0.15) is 38.5 Å². The van der Waals surface area contributed by atoms with Crippen LogP contribution in [0.25, 0.3) is 32.7 Å². The molecule has 0 saturated carbocycles. The molecule has 5 saturated heterocycles. The molecule has 3 atom stereocenters. The highest BCUT2D eigenvalue weighted by Gasteiger charge is 2.27. The van der Waals surface area contributed by atoms with E-state index in [0.29, 0.717) is 43.9 Å². The maximum absolute atomic E-state index is 11.5. The zero-order valence-electron chi connectivity index (χ0n) is 46.5. The van der Waals surface area contributed by atoms with Gasteiger partial charge in [0.25, 0.3) is 0 Å². The normalized spacial score (nSPS) is 19.7. The Morgan fingerprint density at radius 3 is 1.41 bits per heavy atom. The standard InChI is InChI=1S/C19H27N5O3S.C15H19ClN4O2S.C8H4Cl2N2.C7H16N2O2S.C4H9NO.ClH/c1-28(25,26)20-13-15-5-4-8-24(14-15)18-16-6-2-3-7-17(16)21-19(22-18)23-9-11-27-12-10-23;1-23(21,22)17-9-11-5-4-8-20(10-11)14-12-6-2-3-7-13(12)18-15(16)19-14;9-7-5-3-1-2-4-6(5)11-8(10)12-7;1-12(10,11)9-6-7-3-2-4-8-5-7;1-3-6-4-2-5-1;/h2-3,6-7,15,20H,4-5,8-14H2,1H3;2-3,6-7,11,17H,4-5,8-10H2,1H3;1-4H;7-9H,2-6H2,1H3;5H,1-4H2;1H. The average Bonchev–Trinajstić information content (AvgIpc) is 3.59. The van der Waals surface area contributed by atoms with Crippen LogP contribution in [0.4, 0.5) is 17.6 Å². The van der Waals surface area contributed by atoms with Crippen molar-refractivity contribution in [1.82, 2.24) is 54.7 Å². The monoisotopic (exact) mass is 1270 g/mol. The quantitative estimate of drug-likeness (QED) is 0.0718. The number of benzene rings is 3. The van der Waals surface area contributed by atoms with E-state index < -0.39 is 30.1 Å². The van der Waals surface area contributed by atoms with E-state index in [-0.39, 0.29) is 34.8 Å². The fourth-order valence-electron chi connectivity index (χ4n) is 9.75. The van der Waals surface area contributed by atoms with Crippen LogP contribution < -0.4 is 39.5 Å². The summed E-state index contributed by atoms with van der Waals surface area (Å²) in [4.78, 5) is 32.8. The molecule has 11 rings (SSSR count). The highest BCUT2D eigenvalue weighted by Crippen LogP contribution is 2.32.